The van der Waals surface area contributed by atoms with Crippen LogP contribution in [-0.2, 0) is 11.2 Å². The Labute approximate surface area is 174 Å². The Hall–Kier alpha value is -2.51. The molecule has 0 aliphatic heterocycles. The number of carbonyl (C=O) groups is 1. The van der Waals surface area contributed by atoms with E-state index in [0.29, 0.717) is 10.9 Å². The molecule has 3 aromatic rings. The van der Waals surface area contributed by atoms with Crippen LogP contribution in [0, 0.1) is 6.92 Å². The Morgan fingerprint density at radius 3 is 2.75 bits per heavy atom. The molecule has 28 heavy (non-hydrogen) atoms. The fraction of sp³-hybridized carbons (Fsp3) is 0.286. The number of amides is 1. The van der Waals surface area contributed by atoms with Gasteiger partial charge in [0.15, 0.2) is 16.9 Å². The standard InChI is InChI=1S/C21H23N3O2S2/c1-3-4-5-15-8-11-17-18(12-15)28-21(22-17)24-20(27)23-19(25)13-26-16-9-6-14(2)7-10-16/h6-12H,3-5,13H2,1-2H3,(H2,22,23,24,25,27). The van der Waals surface area contributed by atoms with Gasteiger partial charge in [0.25, 0.3) is 5.91 Å². The molecular formula is C21H23N3O2S2. The SMILES string of the molecule is CCCCc1ccc2nc(NC(=S)NC(=O)COc3ccc(C)cc3)sc2c1. The number of benzene rings is 2. The number of anilines is 1. The van der Waals surface area contributed by atoms with Gasteiger partial charge in [0.1, 0.15) is 5.75 Å². The third-order valence-electron chi connectivity index (χ3n) is 4.14. The van der Waals surface area contributed by atoms with E-state index in [4.69, 9.17) is 17.0 Å². The van der Waals surface area contributed by atoms with Crippen molar-refractivity contribution in [3.63, 3.8) is 0 Å². The number of nitrogens with zero attached hydrogens (tertiary/aromatic N) is 1. The van der Waals surface area contributed by atoms with Gasteiger partial charge in [-0.15, -0.1) is 0 Å². The number of nitrogens with one attached hydrogen (secondary N) is 2. The Balaban J connectivity index is 1.52. The largest absolute Gasteiger partial charge is 0.484 e. The first kappa shape index (κ1) is 20.2. The summed E-state index contributed by atoms with van der Waals surface area (Å²) >= 11 is 6.74. The minimum absolute atomic E-state index is 0.106. The molecule has 0 bridgehead atoms. The molecule has 0 saturated heterocycles. The van der Waals surface area contributed by atoms with Crippen molar-refractivity contribution >= 4 is 49.9 Å². The summed E-state index contributed by atoms with van der Waals surface area (Å²) in [5.74, 6) is 0.325. The fourth-order valence-corrected chi connectivity index (χ4v) is 3.84. The first-order valence-corrected chi connectivity index (χ1v) is 10.5. The van der Waals surface area contributed by atoms with E-state index < -0.39 is 0 Å². The Morgan fingerprint density at radius 1 is 1.21 bits per heavy atom. The number of rotatable bonds is 7. The maximum atomic E-state index is 12.0. The number of thiocarbonyl (C=S) groups is 1. The van der Waals surface area contributed by atoms with E-state index in [1.165, 1.54) is 29.7 Å². The first-order chi connectivity index (χ1) is 13.5. The van der Waals surface area contributed by atoms with Crippen LogP contribution >= 0.6 is 23.6 Å². The van der Waals surface area contributed by atoms with E-state index in [2.05, 4.69) is 34.7 Å². The second kappa shape index (κ2) is 9.61. The molecule has 5 nitrogen and oxygen atoms in total. The van der Waals surface area contributed by atoms with Crippen molar-refractivity contribution in [3.8, 4) is 5.75 Å². The van der Waals surface area contributed by atoms with E-state index in [1.807, 2.05) is 37.3 Å². The fourth-order valence-electron chi connectivity index (χ4n) is 2.63. The second-order valence-electron chi connectivity index (χ2n) is 6.53. The highest BCUT2D eigenvalue weighted by Gasteiger charge is 2.09. The molecule has 0 atom stereocenters. The number of ether oxygens (including phenoxy) is 1. The van der Waals surface area contributed by atoms with Crippen molar-refractivity contribution in [1.82, 2.24) is 10.3 Å². The number of unbranched alkanes of at least 4 members (excludes halogenated alkanes) is 1. The van der Waals surface area contributed by atoms with Gasteiger partial charge in [-0.3, -0.25) is 10.1 Å². The minimum atomic E-state index is -0.318. The van der Waals surface area contributed by atoms with Crippen LogP contribution in [0.2, 0.25) is 0 Å². The van der Waals surface area contributed by atoms with E-state index >= 15 is 0 Å². The third kappa shape index (κ3) is 5.74. The summed E-state index contributed by atoms with van der Waals surface area (Å²) < 4.78 is 6.56. The summed E-state index contributed by atoms with van der Waals surface area (Å²) in [4.78, 5) is 16.5. The molecular weight excluding hydrogens is 390 g/mol. The molecule has 0 aliphatic rings. The Morgan fingerprint density at radius 2 is 2.00 bits per heavy atom. The van der Waals surface area contributed by atoms with Crippen molar-refractivity contribution in [3.05, 3.63) is 53.6 Å². The topological polar surface area (TPSA) is 63.2 Å². The van der Waals surface area contributed by atoms with Crippen molar-refractivity contribution in [1.29, 1.82) is 0 Å². The number of hydrogen-bond acceptors (Lipinski definition) is 5. The number of hydrogen-bond donors (Lipinski definition) is 2. The van der Waals surface area contributed by atoms with E-state index in [1.54, 1.807) is 0 Å². The number of aryl methyl sites for hydroxylation is 2. The molecule has 0 fully saturated rings. The molecule has 0 saturated carbocycles. The highest BCUT2D eigenvalue weighted by atomic mass is 32.1. The van der Waals surface area contributed by atoms with Gasteiger partial charge < -0.3 is 10.1 Å². The molecule has 1 heterocycles. The quantitative estimate of drug-likeness (QED) is 0.543. The zero-order chi connectivity index (χ0) is 19.9. The minimum Gasteiger partial charge on any atom is -0.484 e. The Kier molecular flexibility index (Phi) is 6.95. The maximum absolute atomic E-state index is 12.0. The number of carbonyl (C=O) groups excluding carboxylic acids is 1. The summed E-state index contributed by atoms with van der Waals surface area (Å²) in [6, 6.07) is 13.8. The van der Waals surface area contributed by atoms with Crippen molar-refractivity contribution in [2.45, 2.75) is 33.1 Å². The van der Waals surface area contributed by atoms with Crippen LogP contribution in [0.1, 0.15) is 30.9 Å². The third-order valence-corrected chi connectivity index (χ3v) is 5.27. The molecule has 146 valence electrons. The lowest BCUT2D eigenvalue weighted by Crippen LogP contribution is -2.37. The normalized spacial score (nSPS) is 10.6. The molecule has 1 aromatic heterocycles. The van der Waals surface area contributed by atoms with Gasteiger partial charge >= 0.3 is 0 Å². The maximum Gasteiger partial charge on any atom is 0.264 e. The number of fused-ring (bicyclic) bond motifs is 1. The molecule has 0 radical (unpaired) electrons. The monoisotopic (exact) mass is 413 g/mol. The highest BCUT2D eigenvalue weighted by Crippen LogP contribution is 2.27. The van der Waals surface area contributed by atoms with Crippen molar-refractivity contribution in [2.75, 3.05) is 11.9 Å². The number of aromatic nitrogens is 1. The summed E-state index contributed by atoms with van der Waals surface area (Å²) in [7, 11) is 0. The van der Waals surface area contributed by atoms with Crippen LogP contribution < -0.4 is 15.4 Å². The summed E-state index contributed by atoms with van der Waals surface area (Å²) in [5, 5.41) is 6.47. The van der Waals surface area contributed by atoms with E-state index in [-0.39, 0.29) is 17.6 Å². The lowest BCUT2D eigenvalue weighted by atomic mass is 10.1. The van der Waals surface area contributed by atoms with Gasteiger partial charge in [-0.05, 0) is 61.8 Å². The van der Waals surface area contributed by atoms with Gasteiger partial charge in [-0.2, -0.15) is 0 Å². The van der Waals surface area contributed by atoms with Crippen LogP contribution in [0.3, 0.4) is 0 Å². The summed E-state index contributed by atoms with van der Waals surface area (Å²) in [6.45, 7) is 4.08. The first-order valence-electron chi connectivity index (χ1n) is 9.23. The van der Waals surface area contributed by atoms with Gasteiger partial charge in [-0.1, -0.05) is 48.4 Å². The average molecular weight is 414 g/mol. The lowest BCUT2D eigenvalue weighted by Gasteiger charge is -2.08. The van der Waals surface area contributed by atoms with Gasteiger partial charge in [0.2, 0.25) is 0 Å². The van der Waals surface area contributed by atoms with Gasteiger partial charge in [0.05, 0.1) is 10.2 Å². The zero-order valence-corrected chi connectivity index (χ0v) is 17.6. The number of thiazole rings is 1. The van der Waals surface area contributed by atoms with Crippen LogP contribution in [-0.4, -0.2) is 22.6 Å². The molecule has 0 unspecified atom stereocenters. The summed E-state index contributed by atoms with van der Waals surface area (Å²) in [5.41, 5.74) is 3.37. The zero-order valence-electron chi connectivity index (χ0n) is 16.0. The van der Waals surface area contributed by atoms with Crippen LogP contribution in [0.5, 0.6) is 5.75 Å². The smallest absolute Gasteiger partial charge is 0.264 e. The Bertz CT molecular complexity index is 967. The molecule has 0 aliphatic carbocycles. The average Bonchev–Trinajstić information content (AvgIpc) is 3.07. The van der Waals surface area contributed by atoms with Gasteiger partial charge in [-0.25, -0.2) is 4.98 Å². The van der Waals surface area contributed by atoms with E-state index in [0.717, 1.165) is 22.2 Å². The highest BCUT2D eigenvalue weighted by molar-refractivity contribution is 7.80. The van der Waals surface area contributed by atoms with Gasteiger partial charge in [0, 0.05) is 0 Å². The molecule has 3 rings (SSSR count). The second-order valence-corrected chi connectivity index (χ2v) is 7.97. The molecule has 1 amide bonds. The molecule has 7 heteroatoms. The van der Waals surface area contributed by atoms with Crippen LogP contribution in [0.15, 0.2) is 42.5 Å². The molecule has 2 aromatic carbocycles. The van der Waals surface area contributed by atoms with E-state index in [9.17, 15) is 4.79 Å². The van der Waals surface area contributed by atoms with Crippen LogP contribution in [0.4, 0.5) is 5.13 Å². The lowest BCUT2D eigenvalue weighted by molar-refractivity contribution is -0.121. The van der Waals surface area contributed by atoms with Crippen LogP contribution in [0.25, 0.3) is 10.2 Å². The summed E-state index contributed by atoms with van der Waals surface area (Å²) in [6.07, 6.45) is 3.42. The molecule has 2 N–H and O–H groups in total. The molecule has 0 spiro atoms. The van der Waals surface area contributed by atoms with Crippen molar-refractivity contribution < 1.29 is 9.53 Å². The predicted octanol–water partition coefficient (Wildman–Crippen LogP) is 4.84. The predicted molar refractivity (Wildman–Crippen MR) is 119 cm³/mol. The van der Waals surface area contributed by atoms with Crippen molar-refractivity contribution in [2.24, 2.45) is 0 Å².